The van der Waals surface area contributed by atoms with Gasteiger partial charge in [0.25, 0.3) is 0 Å². The highest BCUT2D eigenvalue weighted by Gasteiger charge is 2.02. The Balaban J connectivity index is 2.68. The summed E-state index contributed by atoms with van der Waals surface area (Å²) in [5.41, 5.74) is 0. The van der Waals surface area contributed by atoms with Crippen LogP contribution in [0.3, 0.4) is 0 Å². The van der Waals surface area contributed by atoms with Gasteiger partial charge in [0.15, 0.2) is 0 Å². The lowest BCUT2D eigenvalue weighted by Gasteiger charge is -1.89. The molecular weight excluding hydrogens is 250 g/mol. The fourth-order valence-electron chi connectivity index (χ4n) is 1.17. The number of thiophene rings is 1. The zero-order valence-corrected chi connectivity index (χ0v) is 8.97. The number of halogens is 1. The van der Waals surface area contributed by atoms with Crippen molar-refractivity contribution < 1.29 is 5.21 Å². The minimum atomic E-state index is 0.949. The SMILES string of the molecule is ON=Cc1cc2cccc(Br)c2s1. The van der Waals surface area contributed by atoms with Crippen LogP contribution in [0.25, 0.3) is 10.1 Å². The molecule has 0 fully saturated rings. The van der Waals surface area contributed by atoms with Gasteiger partial charge in [-0.2, -0.15) is 0 Å². The average Bonchev–Trinajstić information content (AvgIpc) is 2.49. The van der Waals surface area contributed by atoms with Gasteiger partial charge in [0.05, 0.1) is 6.21 Å². The molecule has 0 aliphatic rings. The van der Waals surface area contributed by atoms with E-state index in [0.717, 1.165) is 14.7 Å². The van der Waals surface area contributed by atoms with Crippen LogP contribution >= 0.6 is 27.3 Å². The third-order valence-corrected chi connectivity index (χ3v) is 3.74. The Labute approximate surface area is 87.6 Å². The Kier molecular flexibility index (Phi) is 2.33. The van der Waals surface area contributed by atoms with Crippen LogP contribution in [0.4, 0.5) is 0 Å². The summed E-state index contributed by atoms with van der Waals surface area (Å²) in [4.78, 5) is 0.949. The topological polar surface area (TPSA) is 32.6 Å². The van der Waals surface area contributed by atoms with Gasteiger partial charge in [0.1, 0.15) is 0 Å². The summed E-state index contributed by atoms with van der Waals surface area (Å²) < 4.78 is 2.25. The molecule has 1 aromatic carbocycles. The molecule has 2 aromatic rings. The summed E-state index contributed by atoms with van der Waals surface area (Å²) in [5.74, 6) is 0. The molecule has 0 amide bonds. The van der Waals surface area contributed by atoms with Crippen molar-refractivity contribution in [2.75, 3.05) is 0 Å². The predicted molar refractivity (Wildman–Crippen MR) is 58.9 cm³/mol. The Morgan fingerprint density at radius 1 is 1.46 bits per heavy atom. The Morgan fingerprint density at radius 3 is 3.00 bits per heavy atom. The second-order valence-corrected chi connectivity index (χ2v) is 4.49. The van der Waals surface area contributed by atoms with Gasteiger partial charge in [0.2, 0.25) is 0 Å². The van der Waals surface area contributed by atoms with Gasteiger partial charge in [-0.25, -0.2) is 0 Å². The Hall–Kier alpha value is -0.870. The second-order valence-electron chi connectivity index (χ2n) is 2.55. The lowest BCUT2D eigenvalue weighted by atomic mass is 10.2. The van der Waals surface area contributed by atoms with E-state index in [4.69, 9.17) is 5.21 Å². The third-order valence-electron chi connectivity index (χ3n) is 1.70. The maximum absolute atomic E-state index is 8.38. The van der Waals surface area contributed by atoms with Crippen molar-refractivity contribution in [3.63, 3.8) is 0 Å². The first-order valence-electron chi connectivity index (χ1n) is 3.67. The first-order chi connectivity index (χ1) is 6.31. The molecule has 13 heavy (non-hydrogen) atoms. The molecule has 0 spiro atoms. The van der Waals surface area contributed by atoms with Crippen LogP contribution < -0.4 is 0 Å². The summed E-state index contributed by atoms with van der Waals surface area (Å²) in [6.07, 6.45) is 1.44. The number of oxime groups is 1. The molecule has 0 aliphatic heterocycles. The number of rotatable bonds is 1. The van der Waals surface area contributed by atoms with E-state index in [0.29, 0.717) is 0 Å². The van der Waals surface area contributed by atoms with Crippen molar-refractivity contribution >= 4 is 43.6 Å². The molecule has 2 rings (SSSR count). The van der Waals surface area contributed by atoms with Crippen LogP contribution in [0.5, 0.6) is 0 Å². The van der Waals surface area contributed by atoms with Gasteiger partial charge in [-0.05, 0) is 33.4 Å². The van der Waals surface area contributed by atoms with Gasteiger partial charge in [-0.3, -0.25) is 0 Å². The van der Waals surface area contributed by atoms with Crippen molar-refractivity contribution in [3.8, 4) is 0 Å². The molecule has 0 saturated carbocycles. The molecule has 66 valence electrons. The van der Waals surface area contributed by atoms with Crippen molar-refractivity contribution in [2.45, 2.75) is 0 Å². The number of hydrogen-bond donors (Lipinski definition) is 1. The van der Waals surface area contributed by atoms with Crippen molar-refractivity contribution in [2.24, 2.45) is 5.16 Å². The minimum Gasteiger partial charge on any atom is -0.411 e. The molecular formula is C9H6BrNOS. The molecule has 1 aromatic heterocycles. The lowest BCUT2D eigenvalue weighted by Crippen LogP contribution is -1.68. The van der Waals surface area contributed by atoms with E-state index in [1.807, 2.05) is 24.3 Å². The maximum Gasteiger partial charge on any atom is 0.0834 e. The van der Waals surface area contributed by atoms with Crippen molar-refractivity contribution in [3.05, 3.63) is 33.6 Å². The highest BCUT2D eigenvalue weighted by Crippen LogP contribution is 2.30. The third kappa shape index (κ3) is 1.59. The molecule has 1 N–H and O–H groups in total. The zero-order valence-electron chi connectivity index (χ0n) is 6.57. The van der Waals surface area contributed by atoms with Crippen LogP contribution in [0.15, 0.2) is 33.9 Å². The molecule has 0 bridgehead atoms. The van der Waals surface area contributed by atoms with Gasteiger partial charge in [0, 0.05) is 14.0 Å². The fraction of sp³-hybridized carbons (Fsp3) is 0. The Morgan fingerprint density at radius 2 is 2.31 bits per heavy atom. The van der Waals surface area contributed by atoms with Gasteiger partial charge in [-0.1, -0.05) is 17.3 Å². The number of benzene rings is 1. The lowest BCUT2D eigenvalue weighted by molar-refractivity contribution is 0.322. The van der Waals surface area contributed by atoms with E-state index in [2.05, 4.69) is 21.1 Å². The van der Waals surface area contributed by atoms with Crippen LogP contribution in [0, 0.1) is 0 Å². The normalized spacial score (nSPS) is 11.5. The summed E-state index contributed by atoms with van der Waals surface area (Å²) >= 11 is 5.06. The van der Waals surface area contributed by atoms with Gasteiger partial charge in [-0.15, -0.1) is 11.3 Å². The first kappa shape index (κ1) is 8.72. The zero-order chi connectivity index (χ0) is 9.26. The van der Waals surface area contributed by atoms with E-state index < -0.39 is 0 Å². The van der Waals surface area contributed by atoms with E-state index in [1.165, 1.54) is 10.9 Å². The van der Waals surface area contributed by atoms with Crippen LogP contribution in [0.1, 0.15) is 4.88 Å². The molecule has 4 heteroatoms. The summed E-state index contributed by atoms with van der Waals surface area (Å²) in [6, 6.07) is 8.01. The van der Waals surface area contributed by atoms with Crippen molar-refractivity contribution in [1.82, 2.24) is 0 Å². The minimum absolute atomic E-state index is 0.949. The smallest absolute Gasteiger partial charge is 0.0834 e. The number of nitrogens with zero attached hydrogens (tertiary/aromatic N) is 1. The predicted octanol–water partition coefficient (Wildman–Crippen LogP) is 3.47. The largest absolute Gasteiger partial charge is 0.411 e. The molecule has 0 aliphatic carbocycles. The highest BCUT2D eigenvalue weighted by atomic mass is 79.9. The van der Waals surface area contributed by atoms with E-state index in [-0.39, 0.29) is 0 Å². The van der Waals surface area contributed by atoms with Crippen LogP contribution in [-0.2, 0) is 0 Å². The van der Waals surface area contributed by atoms with Crippen LogP contribution in [-0.4, -0.2) is 11.4 Å². The van der Waals surface area contributed by atoms with E-state index in [1.54, 1.807) is 11.3 Å². The fourth-order valence-corrected chi connectivity index (χ4v) is 2.72. The molecule has 0 saturated heterocycles. The van der Waals surface area contributed by atoms with Gasteiger partial charge >= 0.3 is 0 Å². The molecule has 1 heterocycles. The summed E-state index contributed by atoms with van der Waals surface area (Å²) in [5, 5.41) is 12.5. The van der Waals surface area contributed by atoms with Crippen molar-refractivity contribution in [1.29, 1.82) is 0 Å². The van der Waals surface area contributed by atoms with Gasteiger partial charge < -0.3 is 5.21 Å². The molecule has 2 nitrogen and oxygen atoms in total. The Bertz CT molecular complexity index is 464. The standard InChI is InChI=1S/C9H6BrNOS/c10-8-3-1-2-6-4-7(5-11-12)13-9(6)8/h1-5,12H. The summed E-state index contributed by atoms with van der Waals surface area (Å²) in [6.45, 7) is 0. The molecule has 0 atom stereocenters. The molecule has 0 radical (unpaired) electrons. The monoisotopic (exact) mass is 255 g/mol. The molecule has 0 unspecified atom stereocenters. The van der Waals surface area contributed by atoms with E-state index in [9.17, 15) is 0 Å². The number of hydrogen-bond acceptors (Lipinski definition) is 3. The second kappa shape index (κ2) is 3.47. The number of fused-ring (bicyclic) bond motifs is 1. The highest BCUT2D eigenvalue weighted by molar-refractivity contribution is 9.10. The first-order valence-corrected chi connectivity index (χ1v) is 5.27. The van der Waals surface area contributed by atoms with E-state index >= 15 is 0 Å². The quantitative estimate of drug-likeness (QED) is 0.473. The maximum atomic E-state index is 8.38. The average molecular weight is 256 g/mol. The van der Waals surface area contributed by atoms with Crippen LogP contribution in [0.2, 0.25) is 0 Å². The summed E-state index contributed by atoms with van der Waals surface area (Å²) in [7, 11) is 0.